The number of nitrogens with two attached hydrogens (primary N) is 1. The largest absolute Gasteiger partial charge is 0.342 e. The van der Waals surface area contributed by atoms with E-state index in [1.807, 2.05) is 36.5 Å². The van der Waals surface area contributed by atoms with Crippen LogP contribution in [0.5, 0.6) is 0 Å². The number of hydrogen-bond donors (Lipinski definition) is 2. The minimum Gasteiger partial charge on any atom is -0.342 e. The second-order valence-corrected chi connectivity index (χ2v) is 4.24. The van der Waals surface area contributed by atoms with Crippen molar-refractivity contribution in [2.24, 2.45) is 5.73 Å². The molecule has 2 heterocycles. The van der Waals surface area contributed by atoms with Gasteiger partial charge in [-0.05, 0) is 23.3 Å². The fourth-order valence-electron chi connectivity index (χ4n) is 2.09. The van der Waals surface area contributed by atoms with E-state index in [2.05, 4.69) is 15.0 Å². The summed E-state index contributed by atoms with van der Waals surface area (Å²) >= 11 is 0. The molecule has 4 heteroatoms. The number of benzene rings is 1. The smallest absolute Gasteiger partial charge is 0.111 e. The molecule has 3 N–H and O–H groups in total. The molecule has 18 heavy (non-hydrogen) atoms. The Kier molecular flexibility index (Phi) is 2.78. The molecule has 0 saturated carbocycles. The molecule has 0 saturated heterocycles. The Hall–Kier alpha value is -2.20. The summed E-state index contributed by atoms with van der Waals surface area (Å²) in [6.07, 6.45) is 4.39. The van der Waals surface area contributed by atoms with E-state index in [0.717, 1.165) is 34.4 Å². The Morgan fingerprint density at radius 2 is 2.11 bits per heavy atom. The van der Waals surface area contributed by atoms with Crippen LogP contribution in [0.1, 0.15) is 17.0 Å². The molecule has 0 amide bonds. The average molecular weight is 238 g/mol. The zero-order valence-corrected chi connectivity index (χ0v) is 9.93. The Morgan fingerprint density at radius 1 is 1.17 bits per heavy atom. The van der Waals surface area contributed by atoms with Gasteiger partial charge in [0, 0.05) is 25.4 Å². The lowest BCUT2D eigenvalue weighted by atomic mass is 10.2. The lowest BCUT2D eigenvalue weighted by Gasteiger charge is -1.96. The van der Waals surface area contributed by atoms with Crippen LogP contribution >= 0.6 is 0 Å². The number of fused-ring (bicyclic) bond motifs is 1. The molecule has 0 atom stereocenters. The number of hydrogen-bond acceptors (Lipinski definition) is 3. The zero-order chi connectivity index (χ0) is 12.4. The van der Waals surface area contributed by atoms with E-state index in [4.69, 9.17) is 5.73 Å². The fraction of sp³-hybridized carbons (Fsp3) is 0.143. The van der Waals surface area contributed by atoms with E-state index in [-0.39, 0.29) is 0 Å². The van der Waals surface area contributed by atoms with Crippen LogP contribution in [-0.2, 0) is 13.0 Å². The van der Waals surface area contributed by atoms with Gasteiger partial charge in [-0.2, -0.15) is 0 Å². The minimum absolute atomic E-state index is 0.508. The summed E-state index contributed by atoms with van der Waals surface area (Å²) in [6, 6.07) is 10.0. The van der Waals surface area contributed by atoms with Crippen molar-refractivity contribution in [1.82, 2.24) is 15.0 Å². The Balaban J connectivity index is 1.99. The van der Waals surface area contributed by atoms with Crippen molar-refractivity contribution in [3.05, 3.63) is 59.7 Å². The molecule has 0 fully saturated rings. The van der Waals surface area contributed by atoms with Crippen LogP contribution < -0.4 is 5.73 Å². The summed E-state index contributed by atoms with van der Waals surface area (Å²) in [5.41, 5.74) is 9.94. The predicted molar refractivity (Wildman–Crippen MR) is 71.0 cm³/mol. The molecule has 2 aromatic heterocycles. The van der Waals surface area contributed by atoms with Crippen LogP contribution in [0.2, 0.25) is 0 Å². The summed E-state index contributed by atoms with van der Waals surface area (Å²) < 4.78 is 0. The number of pyridine rings is 1. The first-order valence-corrected chi connectivity index (χ1v) is 5.92. The lowest BCUT2D eigenvalue weighted by Crippen LogP contribution is -1.96. The van der Waals surface area contributed by atoms with Crippen molar-refractivity contribution in [2.75, 3.05) is 0 Å². The molecule has 0 radical (unpaired) electrons. The van der Waals surface area contributed by atoms with Crippen LogP contribution in [0.15, 0.2) is 42.7 Å². The van der Waals surface area contributed by atoms with Crippen LogP contribution in [-0.4, -0.2) is 15.0 Å². The molecular weight excluding hydrogens is 224 g/mol. The number of para-hydroxylation sites is 1. The molecule has 1 aromatic carbocycles. The van der Waals surface area contributed by atoms with Crippen molar-refractivity contribution in [3.8, 4) is 0 Å². The third-order valence-corrected chi connectivity index (χ3v) is 2.96. The maximum atomic E-state index is 5.71. The van der Waals surface area contributed by atoms with Crippen molar-refractivity contribution >= 4 is 11.0 Å². The van der Waals surface area contributed by atoms with Gasteiger partial charge in [-0.15, -0.1) is 0 Å². The van der Waals surface area contributed by atoms with Crippen molar-refractivity contribution < 1.29 is 0 Å². The number of nitrogens with one attached hydrogen (secondary N) is 1. The third-order valence-electron chi connectivity index (χ3n) is 2.96. The van der Waals surface area contributed by atoms with Gasteiger partial charge in [-0.1, -0.05) is 18.2 Å². The van der Waals surface area contributed by atoms with Gasteiger partial charge < -0.3 is 10.7 Å². The number of aromatic nitrogens is 3. The van der Waals surface area contributed by atoms with Gasteiger partial charge in [0.15, 0.2) is 0 Å². The topological polar surface area (TPSA) is 67.6 Å². The van der Waals surface area contributed by atoms with Crippen molar-refractivity contribution in [2.45, 2.75) is 13.0 Å². The second kappa shape index (κ2) is 4.58. The number of imidazole rings is 1. The summed E-state index contributed by atoms with van der Waals surface area (Å²) in [7, 11) is 0. The maximum absolute atomic E-state index is 5.71. The standard InChI is InChI=1S/C14H14N4/c15-8-11-4-1-5-12-14(11)18-13(17-12)7-10-3-2-6-16-9-10/h1-6,9H,7-8,15H2,(H,17,18). The summed E-state index contributed by atoms with van der Waals surface area (Å²) in [4.78, 5) is 12.0. The molecule has 0 spiro atoms. The van der Waals surface area contributed by atoms with Gasteiger partial charge in [0.25, 0.3) is 0 Å². The third kappa shape index (κ3) is 1.98. The monoisotopic (exact) mass is 238 g/mol. The molecule has 0 aliphatic rings. The first-order valence-electron chi connectivity index (χ1n) is 5.92. The molecule has 4 nitrogen and oxygen atoms in total. The highest BCUT2D eigenvalue weighted by Gasteiger charge is 2.06. The van der Waals surface area contributed by atoms with Gasteiger partial charge in [0.1, 0.15) is 5.82 Å². The first-order chi connectivity index (χ1) is 8.86. The number of nitrogens with zero attached hydrogens (tertiary/aromatic N) is 2. The van der Waals surface area contributed by atoms with E-state index in [1.54, 1.807) is 6.20 Å². The van der Waals surface area contributed by atoms with E-state index < -0.39 is 0 Å². The van der Waals surface area contributed by atoms with Gasteiger partial charge in [-0.3, -0.25) is 4.98 Å². The van der Waals surface area contributed by atoms with E-state index >= 15 is 0 Å². The quantitative estimate of drug-likeness (QED) is 0.733. The van der Waals surface area contributed by atoms with Crippen LogP contribution in [0.3, 0.4) is 0 Å². The van der Waals surface area contributed by atoms with E-state index in [9.17, 15) is 0 Å². The molecule has 0 unspecified atom stereocenters. The van der Waals surface area contributed by atoms with Gasteiger partial charge in [-0.25, -0.2) is 4.98 Å². The Morgan fingerprint density at radius 3 is 2.89 bits per heavy atom. The number of H-pyrrole nitrogens is 1. The summed E-state index contributed by atoms with van der Waals surface area (Å²) in [6.45, 7) is 0.508. The average Bonchev–Trinajstić information content (AvgIpc) is 2.82. The molecule has 3 aromatic rings. The molecule has 90 valence electrons. The van der Waals surface area contributed by atoms with Gasteiger partial charge >= 0.3 is 0 Å². The van der Waals surface area contributed by atoms with Gasteiger partial charge in [0.2, 0.25) is 0 Å². The van der Waals surface area contributed by atoms with Crippen LogP contribution in [0, 0.1) is 0 Å². The molecule has 0 bridgehead atoms. The van der Waals surface area contributed by atoms with Crippen LogP contribution in [0.4, 0.5) is 0 Å². The van der Waals surface area contributed by atoms with Crippen molar-refractivity contribution in [1.29, 1.82) is 0 Å². The molecular formula is C14H14N4. The van der Waals surface area contributed by atoms with Crippen molar-refractivity contribution in [3.63, 3.8) is 0 Å². The van der Waals surface area contributed by atoms with E-state index in [1.165, 1.54) is 0 Å². The summed E-state index contributed by atoms with van der Waals surface area (Å²) in [5, 5.41) is 0. The normalized spacial score (nSPS) is 10.9. The zero-order valence-electron chi connectivity index (χ0n) is 9.93. The number of aromatic amines is 1. The van der Waals surface area contributed by atoms with Crippen LogP contribution in [0.25, 0.3) is 11.0 Å². The minimum atomic E-state index is 0.508. The SMILES string of the molecule is NCc1cccc2[nH]c(Cc3cccnc3)nc12. The molecule has 3 rings (SSSR count). The van der Waals surface area contributed by atoms with Gasteiger partial charge in [0.05, 0.1) is 11.0 Å². The fourth-order valence-corrected chi connectivity index (χ4v) is 2.09. The predicted octanol–water partition coefficient (Wildman–Crippen LogP) is 2.01. The molecule has 0 aliphatic heterocycles. The Bertz CT molecular complexity index is 658. The summed E-state index contributed by atoms with van der Waals surface area (Å²) in [5.74, 6) is 0.943. The first kappa shape index (κ1) is 10.9. The second-order valence-electron chi connectivity index (χ2n) is 4.24. The maximum Gasteiger partial charge on any atom is 0.111 e. The number of rotatable bonds is 3. The van der Waals surface area contributed by atoms with E-state index in [0.29, 0.717) is 6.54 Å². The molecule has 0 aliphatic carbocycles. The highest BCUT2D eigenvalue weighted by molar-refractivity contribution is 5.78. The Labute approximate surface area is 105 Å². The highest BCUT2D eigenvalue weighted by Crippen LogP contribution is 2.17. The highest BCUT2D eigenvalue weighted by atomic mass is 14.9. The lowest BCUT2D eigenvalue weighted by molar-refractivity contribution is 1.02.